The number of thiol groups is 1. The van der Waals surface area contributed by atoms with E-state index in [2.05, 4.69) is 27.6 Å². The number of aliphatic hydroxyl groups is 1. The zero-order valence-corrected chi connectivity index (χ0v) is 13.2. The minimum absolute atomic E-state index is 0.161. The van der Waals surface area contributed by atoms with Gasteiger partial charge in [0.1, 0.15) is 24.6 Å². The molecule has 2 aromatic rings. The molecule has 0 amide bonds. The van der Waals surface area contributed by atoms with Crippen LogP contribution in [0.1, 0.15) is 6.23 Å². The van der Waals surface area contributed by atoms with Gasteiger partial charge in [0.15, 0.2) is 28.4 Å². The maximum Gasteiger partial charge on any atom is 0.472 e. The molecular weight excluding hydrogens is 349 g/mol. The van der Waals surface area contributed by atoms with Gasteiger partial charge >= 0.3 is 7.82 Å². The molecule has 4 N–H and O–H groups in total. The minimum Gasteiger partial charge on any atom is -0.386 e. The van der Waals surface area contributed by atoms with Gasteiger partial charge < -0.3 is 20.5 Å². The maximum atomic E-state index is 11.5. The first kappa shape index (κ1) is 15.3. The van der Waals surface area contributed by atoms with Crippen molar-refractivity contribution in [2.24, 2.45) is 0 Å². The third kappa shape index (κ3) is 2.34. The van der Waals surface area contributed by atoms with E-state index in [9.17, 15) is 14.6 Å². The second-order valence-electron chi connectivity index (χ2n) is 5.10. The highest BCUT2D eigenvalue weighted by molar-refractivity contribution is 7.80. The van der Waals surface area contributed by atoms with Gasteiger partial charge in [-0.25, -0.2) is 19.5 Å². The monoisotopic (exact) mass is 361 g/mol. The summed E-state index contributed by atoms with van der Waals surface area (Å²) in [5.41, 5.74) is 6.38. The summed E-state index contributed by atoms with van der Waals surface area (Å²) in [7, 11) is -4.19. The first-order chi connectivity index (χ1) is 10.9. The molecule has 2 aliphatic heterocycles. The number of phosphoric ester groups is 1. The van der Waals surface area contributed by atoms with Crippen molar-refractivity contribution in [2.75, 3.05) is 12.3 Å². The summed E-state index contributed by atoms with van der Waals surface area (Å²) in [6.07, 6.45) is -2.70. The first-order valence-corrected chi connectivity index (χ1v) is 8.48. The number of hydrogen-bond acceptors (Lipinski definition) is 10. The van der Waals surface area contributed by atoms with Crippen LogP contribution in [0.2, 0.25) is 0 Å². The van der Waals surface area contributed by atoms with Crippen LogP contribution < -0.4 is 5.73 Å². The van der Waals surface area contributed by atoms with Crippen LogP contribution in [0.3, 0.4) is 0 Å². The van der Waals surface area contributed by atoms with E-state index in [1.807, 2.05) is 0 Å². The number of imidazole rings is 1. The van der Waals surface area contributed by atoms with Crippen molar-refractivity contribution >= 4 is 37.4 Å². The van der Waals surface area contributed by atoms with Crippen LogP contribution >= 0.6 is 20.5 Å². The van der Waals surface area contributed by atoms with Crippen LogP contribution in [0.5, 0.6) is 0 Å². The van der Waals surface area contributed by atoms with Crippen LogP contribution in [0.4, 0.5) is 5.82 Å². The molecule has 0 aliphatic carbocycles. The normalized spacial score (nSPS) is 37.2. The summed E-state index contributed by atoms with van der Waals surface area (Å²) in [6.45, 7) is -0.183. The first-order valence-electron chi connectivity index (χ1n) is 6.54. The van der Waals surface area contributed by atoms with Crippen LogP contribution in [-0.2, 0) is 18.3 Å². The number of nitrogen functional groups attached to an aromatic ring is 1. The molecule has 4 rings (SSSR count). The Hall–Kier alpha value is -1.27. The molecule has 5 atom stereocenters. The Morgan fingerprint density at radius 2 is 2.26 bits per heavy atom. The van der Waals surface area contributed by atoms with Crippen LogP contribution in [0.15, 0.2) is 11.5 Å². The maximum absolute atomic E-state index is 11.5. The number of phosphoric acid groups is 1. The fourth-order valence-electron chi connectivity index (χ4n) is 2.70. The number of ether oxygens (including phenoxy) is 1. The second kappa shape index (κ2) is 5.11. The summed E-state index contributed by atoms with van der Waals surface area (Å²) < 4.78 is 28.2. The van der Waals surface area contributed by atoms with Crippen LogP contribution in [-0.4, -0.2) is 54.4 Å². The van der Waals surface area contributed by atoms with Crippen molar-refractivity contribution in [1.82, 2.24) is 19.5 Å². The lowest BCUT2D eigenvalue weighted by Gasteiger charge is -2.27. The van der Waals surface area contributed by atoms with Crippen molar-refractivity contribution in [2.45, 2.75) is 29.7 Å². The van der Waals surface area contributed by atoms with E-state index in [0.29, 0.717) is 11.2 Å². The highest BCUT2D eigenvalue weighted by atomic mass is 32.1. The lowest BCUT2D eigenvalue weighted by molar-refractivity contribution is -0.0684. The van der Waals surface area contributed by atoms with Gasteiger partial charge in [0, 0.05) is 0 Å². The molecule has 1 unspecified atom stereocenters. The van der Waals surface area contributed by atoms with Gasteiger partial charge in [0.25, 0.3) is 0 Å². The van der Waals surface area contributed by atoms with E-state index in [4.69, 9.17) is 19.5 Å². The average Bonchev–Trinajstić information content (AvgIpc) is 2.97. The Bertz CT molecular complexity index is 831. The molecule has 2 aliphatic rings. The van der Waals surface area contributed by atoms with Crippen LogP contribution in [0.25, 0.3) is 11.2 Å². The SMILES string of the molecule is Nc1ncnc2c1nc(S)n2[C@@H]1O[C@@H]2COP(=O)(O)O[C@H]2[C@H]1O. The van der Waals surface area contributed by atoms with Crippen LogP contribution in [0, 0.1) is 0 Å². The molecule has 0 aromatic carbocycles. The Morgan fingerprint density at radius 3 is 3.04 bits per heavy atom. The van der Waals surface area contributed by atoms with E-state index in [1.54, 1.807) is 0 Å². The van der Waals surface area contributed by atoms with E-state index in [0.717, 1.165) is 0 Å². The van der Waals surface area contributed by atoms with Gasteiger partial charge in [-0.15, -0.1) is 12.6 Å². The predicted molar refractivity (Wildman–Crippen MR) is 77.6 cm³/mol. The number of aliphatic hydroxyl groups excluding tert-OH is 1. The molecular formula is C10H12N5O6PS. The molecule has 0 radical (unpaired) electrons. The fourth-order valence-corrected chi connectivity index (χ4v) is 3.97. The highest BCUT2D eigenvalue weighted by Gasteiger charge is 2.53. The Kier molecular flexibility index (Phi) is 3.39. The average molecular weight is 361 g/mol. The minimum atomic E-state index is -4.19. The van der Waals surface area contributed by atoms with Crippen molar-refractivity contribution in [3.05, 3.63) is 6.33 Å². The number of aromatic nitrogens is 4. The quantitative estimate of drug-likeness (QED) is 0.385. The Balaban J connectivity index is 1.76. The van der Waals surface area contributed by atoms with Gasteiger partial charge in [-0.3, -0.25) is 13.6 Å². The number of nitrogens with two attached hydrogens (primary N) is 1. The smallest absolute Gasteiger partial charge is 0.386 e. The zero-order chi connectivity index (χ0) is 16.4. The molecule has 11 nitrogen and oxygen atoms in total. The van der Waals surface area contributed by atoms with Crippen molar-refractivity contribution in [3.63, 3.8) is 0 Å². The van der Waals surface area contributed by atoms with Gasteiger partial charge in [0.2, 0.25) is 0 Å². The summed E-state index contributed by atoms with van der Waals surface area (Å²) in [4.78, 5) is 21.5. The Morgan fingerprint density at radius 1 is 1.48 bits per heavy atom. The van der Waals surface area contributed by atoms with E-state index in [1.165, 1.54) is 10.9 Å². The summed E-state index contributed by atoms with van der Waals surface area (Å²) in [6, 6.07) is 0. The lowest BCUT2D eigenvalue weighted by atomic mass is 10.1. The predicted octanol–water partition coefficient (Wildman–Crippen LogP) is -0.529. The van der Waals surface area contributed by atoms with Gasteiger partial charge in [-0.1, -0.05) is 0 Å². The number of nitrogens with zero attached hydrogens (tertiary/aromatic N) is 4. The van der Waals surface area contributed by atoms with Gasteiger partial charge in [0.05, 0.1) is 6.61 Å². The molecule has 124 valence electrons. The fraction of sp³-hybridized carbons (Fsp3) is 0.500. The number of anilines is 1. The summed E-state index contributed by atoms with van der Waals surface area (Å²) in [5, 5.41) is 10.6. The molecule has 2 saturated heterocycles. The summed E-state index contributed by atoms with van der Waals surface area (Å²) >= 11 is 4.25. The van der Waals surface area contributed by atoms with E-state index >= 15 is 0 Å². The molecule has 0 saturated carbocycles. The molecule has 0 spiro atoms. The van der Waals surface area contributed by atoms with Gasteiger partial charge in [-0.05, 0) is 0 Å². The third-order valence-electron chi connectivity index (χ3n) is 3.71. The topological polar surface area (TPSA) is 155 Å². The number of fused-ring (bicyclic) bond motifs is 2. The zero-order valence-electron chi connectivity index (χ0n) is 11.4. The van der Waals surface area contributed by atoms with Gasteiger partial charge in [-0.2, -0.15) is 0 Å². The molecule has 23 heavy (non-hydrogen) atoms. The molecule has 2 aromatic heterocycles. The largest absolute Gasteiger partial charge is 0.472 e. The third-order valence-corrected chi connectivity index (χ3v) is 5.01. The second-order valence-corrected chi connectivity index (χ2v) is 6.91. The lowest BCUT2D eigenvalue weighted by Crippen LogP contribution is -2.39. The highest BCUT2D eigenvalue weighted by Crippen LogP contribution is 2.52. The summed E-state index contributed by atoms with van der Waals surface area (Å²) in [5.74, 6) is 0.161. The van der Waals surface area contributed by atoms with Crippen molar-refractivity contribution < 1.29 is 28.3 Å². The molecule has 13 heteroatoms. The molecule has 2 fully saturated rings. The number of hydrogen-bond donors (Lipinski definition) is 4. The van der Waals surface area contributed by atoms with E-state index < -0.39 is 32.4 Å². The standard InChI is InChI=1S/C10H12N5O6PS/c11-7-4-8(13-2-12-7)15(10(23)14-4)9-5(16)6-3(20-9)1-19-22(17,18)21-6/h2-3,5-6,9,16H,1H2,(H,14,23)(H,17,18)(H2,11,12,13)/t3-,5-,6-,9-/m1/s1. The molecule has 4 heterocycles. The molecule has 0 bridgehead atoms. The van der Waals surface area contributed by atoms with Crippen molar-refractivity contribution in [3.8, 4) is 0 Å². The Labute approximate surface area is 134 Å². The van der Waals surface area contributed by atoms with E-state index in [-0.39, 0.29) is 17.6 Å². The van der Waals surface area contributed by atoms with Crippen molar-refractivity contribution in [1.29, 1.82) is 0 Å². The number of rotatable bonds is 1.